The Hall–Kier alpha value is -1.90. The number of aromatic nitrogens is 2. The molecule has 0 amide bonds. The molecule has 1 atom stereocenters. The molecule has 5 nitrogen and oxygen atoms in total. The number of aliphatic hydroxyl groups excluding tert-OH is 1. The number of rotatable bonds is 5. The Morgan fingerprint density at radius 3 is 2.67 bits per heavy atom. The Morgan fingerprint density at radius 2 is 2.05 bits per heavy atom. The van der Waals surface area contributed by atoms with Gasteiger partial charge in [-0.15, -0.1) is 0 Å². The maximum absolute atomic E-state index is 9.12. The van der Waals surface area contributed by atoms with Crippen molar-refractivity contribution in [3.05, 3.63) is 29.1 Å². The average Bonchev–Trinajstić information content (AvgIpc) is 2.77. The van der Waals surface area contributed by atoms with E-state index in [1.165, 1.54) is 11.1 Å². The zero-order valence-electron chi connectivity index (χ0n) is 13.1. The molecule has 1 heterocycles. The van der Waals surface area contributed by atoms with Crippen molar-refractivity contribution >= 4 is 11.0 Å². The van der Waals surface area contributed by atoms with Crippen LogP contribution < -0.4 is 0 Å². The fourth-order valence-electron chi connectivity index (χ4n) is 2.50. The summed E-state index contributed by atoms with van der Waals surface area (Å²) in [5.41, 5.74) is 4.32. The van der Waals surface area contributed by atoms with Crippen LogP contribution in [0.3, 0.4) is 0 Å². The van der Waals surface area contributed by atoms with Gasteiger partial charge >= 0.3 is 0 Å². The smallest absolute Gasteiger partial charge is 0.127 e. The average molecular weight is 286 g/mol. The molecule has 5 heteroatoms. The summed E-state index contributed by atoms with van der Waals surface area (Å²) in [6, 6.07) is 6.42. The normalized spacial score (nSPS) is 12.8. The second kappa shape index (κ2) is 6.25. The Morgan fingerprint density at radius 1 is 1.38 bits per heavy atom. The highest BCUT2D eigenvalue weighted by Crippen LogP contribution is 2.26. The Kier molecular flexibility index (Phi) is 4.61. The van der Waals surface area contributed by atoms with Gasteiger partial charge in [-0.1, -0.05) is 0 Å². The van der Waals surface area contributed by atoms with Crippen LogP contribution >= 0.6 is 0 Å². The Bertz CT molecular complexity index is 684. The number of aliphatic hydroxyl groups is 1. The molecule has 0 bridgehead atoms. The number of aryl methyl sites for hydroxylation is 2. The molecule has 112 valence electrons. The molecule has 21 heavy (non-hydrogen) atoms. The molecule has 1 aromatic carbocycles. The third-order valence-corrected chi connectivity index (χ3v) is 4.11. The Balaban J connectivity index is 2.57. The molecule has 1 unspecified atom stereocenters. The highest BCUT2D eigenvalue weighted by atomic mass is 16.3. The van der Waals surface area contributed by atoms with E-state index in [1.807, 2.05) is 23.4 Å². The van der Waals surface area contributed by atoms with E-state index in [9.17, 15) is 0 Å². The van der Waals surface area contributed by atoms with Gasteiger partial charge in [-0.05, 0) is 51.1 Å². The molecule has 0 aliphatic heterocycles. The highest BCUT2D eigenvalue weighted by molar-refractivity contribution is 5.78. The van der Waals surface area contributed by atoms with Crippen LogP contribution in [0, 0.1) is 25.2 Å². The standard InChI is InChI=1S/C16H22N4O/c1-11-9-14-15(10-12(11)2)20(6-5-17)16(18-14)13(3)19(4)7-8-21/h9-10,13,21H,6-8H2,1-4H3. The van der Waals surface area contributed by atoms with Crippen LogP contribution in [0.1, 0.15) is 29.9 Å². The van der Waals surface area contributed by atoms with Crippen LogP contribution in [0.5, 0.6) is 0 Å². The topological polar surface area (TPSA) is 65.1 Å². The first-order chi connectivity index (χ1) is 9.99. The number of hydrogen-bond acceptors (Lipinski definition) is 4. The molecule has 2 aromatic rings. The van der Waals surface area contributed by atoms with Crippen molar-refractivity contribution in [2.75, 3.05) is 20.2 Å². The van der Waals surface area contributed by atoms with Gasteiger partial charge in [0.25, 0.3) is 0 Å². The number of hydrogen-bond donors (Lipinski definition) is 1. The van der Waals surface area contributed by atoms with Crippen LogP contribution in [-0.2, 0) is 6.54 Å². The number of nitriles is 1. The van der Waals surface area contributed by atoms with Crippen molar-refractivity contribution in [3.63, 3.8) is 0 Å². The number of benzene rings is 1. The largest absolute Gasteiger partial charge is 0.395 e. The van der Waals surface area contributed by atoms with Crippen molar-refractivity contribution in [2.45, 2.75) is 33.4 Å². The van der Waals surface area contributed by atoms with Crippen LogP contribution in [0.2, 0.25) is 0 Å². The third kappa shape index (κ3) is 2.92. The van der Waals surface area contributed by atoms with Gasteiger partial charge < -0.3 is 9.67 Å². The summed E-state index contributed by atoms with van der Waals surface area (Å²) >= 11 is 0. The summed E-state index contributed by atoms with van der Waals surface area (Å²) in [6.07, 6.45) is 0. The third-order valence-electron chi connectivity index (χ3n) is 4.11. The molecule has 0 saturated carbocycles. The minimum Gasteiger partial charge on any atom is -0.395 e. The summed E-state index contributed by atoms with van der Waals surface area (Å²) in [5, 5.41) is 18.2. The van der Waals surface area contributed by atoms with Crippen molar-refractivity contribution in [2.24, 2.45) is 0 Å². The van der Waals surface area contributed by atoms with Crippen LogP contribution in [0.4, 0.5) is 0 Å². The van der Waals surface area contributed by atoms with Crippen LogP contribution in [-0.4, -0.2) is 39.8 Å². The van der Waals surface area contributed by atoms with E-state index in [4.69, 9.17) is 15.4 Å². The molecule has 0 fully saturated rings. The van der Waals surface area contributed by atoms with E-state index in [2.05, 4.69) is 32.0 Å². The summed E-state index contributed by atoms with van der Waals surface area (Å²) in [4.78, 5) is 6.76. The van der Waals surface area contributed by atoms with Crippen molar-refractivity contribution < 1.29 is 5.11 Å². The zero-order valence-corrected chi connectivity index (χ0v) is 13.1. The summed E-state index contributed by atoms with van der Waals surface area (Å²) in [5.74, 6) is 0.868. The molecule has 0 saturated heterocycles. The van der Waals surface area contributed by atoms with Gasteiger partial charge in [-0.2, -0.15) is 5.26 Å². The first-order valence-corrected chi connectivity index (χ1v) is 7.15. The number of nitrogens with zero attached hydrogens (tertiary/aromatic N) is 4. The highest BCUT2D eigenvalue weighted by Gasteiger charge is 2.20. The predicted molar refractivity (Wildman–Crippen MR) is 83.0 cm³/mol. The minimum absolute atomic E-state index is 0.0403. The van der Waals surface area contributed by atoms with Gasteiger partial charge in [0.15, 0.2) is 0 Å². The molecular weight excluding hydrogens is 264 g/mol. The van der Waals surface area contributed by atoms with Gasteiger partial charge in [0.05, 0.1) is 29.8 Å². The van der Waals surface area contributed by atoms with Crippen molar-refractivity contribution in [1.82, 2.24) is 14.5 Å². The van der Waals surface area contributed by atoms with E-state index in [0.717, 1.165) is 16.9 Å². The van der Waals surface area contributed by atoms with Gasteiger partial charge in [0.2, 0.25) is 0 Å². The van der Waals surface area contributed by atoms with E-state index in [0.29, 0.717) is 6.54 Å². The second-order valence-electron chi connectivity index (χ2n) is 5.52. The van der Waals surface area contributed by atoms with Crippen molar-refractivity contribution in [1.29, 1.82) is 5.26 Å². The van der Waals surface area contributed by atoms with E-state index < -0.39 is 0 Å². The molecule has 1 N–H and O–H groups in total. The minimum atomic E-state index is 0.0403. The first-order valence-electron chi connectivity index (χ1n) is 7.15. The molecular formula is C16H22N4O. The maximum Gasteiger partial charge on any atom is 0.127 e. The number of imidazole rings is 1. The molecule has 0 aliphatic rings. The Labute approximate surface area is 125 Å². The van der Waals surface area contributed by atoms with Crippen molar-refractivity contribution in [3.8, 4) is 6.07 Å². The molecule has 0 spiro atoms. The molecule has 0 aliphatic carbocycles. The van der Waals surface area contributed by atoms with Gasteiger partial charge in [0, 0.05) is 6.54 Å². The fraction of sp³-hybridized carbons (Fsp3) is 0.500. The van der Waals surface area contributed by atoms with Crippen LogP contribution in [0.15, 0.2) is 12.1 Å². The fourth-order valence-corrected chi connectivity index (χ4v) is 2.50. The molecule has 1 aromatic heterocycles. The number of fused-ring (bicyclic) bond motifs is 1. The predicted octanol–water partition coefficient (Wildman–Crippen LogP) is 2.16. The monoisotopic (exact) mass is 286 g/mol. The summed E-state index contributed by atoms with van der Waals surface area (Å²) in [7, 11) is 1.95. The second-order valence-corrected chi connectivity index (χ2v) is 5.52. The lowest BCUT2D eigenvalue weighted by Crippen LogP contribution is -2.27. The quantitative estimate of drug-likeness (QED) is 0.914. The SMILES string of the molecule is Cc1cc2nc(C(C)N(C)CCO)n(CC#N)c2cc1C. The summed E-state index contributed by atoms with van der Waals surface area (Å²) < 4.78 is 1.97. The van der Waals surface area contributed by atoms with E-state index in [1.54, 1.807) is 0 Å². The lowest BCUT2D eigenvalue weighted by molar-refractivity contribution is 0.183. The number of likely N-dealkylation sites (N-methyl/N-ethyl adjacent to an activating group) is 1. The maximum atomic E-state index is 9.12. The van der Waals surface area contributed by atoms with Gasteiger partial charge in [-0.25, -0.2) is 4.98 Å². The summed E-state index contributed by atoms with van der Waals surface area (Å²) in [6.45, 7) is 7.15. The van der Waals surface area contributed by atoms with Crippen LogP contribution in [0.25, 0.3) is 11.0 Å². The lowest BCUT2D eigenvalue weighted by Gasteiger charge is -2.23. The lowest BCUT2D eigenvalue weighted by atomic mass is 10.1. The molecule has 2 rings (SSSR count). The zero-order chi connectivity index (χ0) is 15.6. The first kappa shape index (κ1) is 15.5. The van der Waals surface area contributed by atoms with Gasteiger partial charge in [-0.3, -0.25) is 4.90 Å². The molecule has 0 radical (unpaired) electrons. The van der Waals surface area contributed by atoms with Gasteiger partial charge in [0.1, 0.15) is 12.4 Å². The van der Waals surface area contributed by atoms with E-state index in [-0.39, 0.29) is 19.2 Å². The van der Waals surface area contributed by atoms with E-state index >= 15 is 0 Å².